The minimum absolute atomic E-state index is 0.219. The van der Waals surface area contributed by atoms with E-state index in [0.29, 0.717) is 16.8 Å². The van der Waals surface area contributed by atoms with Crippen LogP contribution < -0.4 is 5.56 Å². The minimum Gasteiger partial charge on any atom is -0.297 e. The lowest BCUT2D eigenvalue weighted by Gasteiger charge is -1.99. The zero-order valence-corrected chi connectivity index (χ0v) is 7.60. The first-order chi connectivity index (χ1) is 6.70. The summed E-state index contributed by atoms with van der Waals surface area (Å²) in [5.74, 6) is -0.342. The summed E-state index contributed by atoms with van der Waals surface area (Å²) in [6, 6.07) is 6.32. The van der Waals surface area contributed by atoms with Crippen molar-refractivity contribution in [3.8, 4) is 11.3 Å². The van der Waals surface area contributed by atoms with E-state index in [9.17, 15) is 9.18 Å². The van der Waals surface area contributed by atoms with Crippen LogP contribution in [0.15, 0.2) is 29.1 Å². The Hall–Kier alpha value is -1.84. The second kappa shape index (κ2) is 3.14. The summed E-state index contributed by atoms with van der Waals surface area (Å²) < 4.78 is 13.3. The van der Waals surface area contributed by atoms with Gasteiger partial charge in [0.05, 0.1) is 5.69 Å². The number of hydrogen-bond donors (Lipinski definition) is 2. The Morgan fingerprint density at radius 3 is 2.50 bits per heavy atom. The summed E-state index contributed by atoms with van der Waals surface area (Å²) in [6.07, 6.45) is 0. The molecule has 72 valence electrons. The average molecular weight is 192 g/mol. The third kappa shape index (κ3) is 1.25. The van der Waals surface area contributed by atoms with Gasteiger partial charge in [-0.25, -0.2) is 4.39 Å². The van der Waals surface area contributed by atoms with Crippen molar-refractivity contribution in [2.45, 2.75) is 6.92 Å². The second-order valence-electron chi connectivity index (χ2n) is 3.06. The normalized spacial score (nSPS) is 10.4. The highest BCUT2D eigenvalue weighted by Crippen LogP contribution is 2.21. The Morgan fingerprint density at radius 2 is 1.93 bits per heavy atom. The van der Waals surface area contributed by atoms with E-state index in [4.69, 9.17) is 0 Å². The van der Waals surface area contributed by atoms with Crippen molar-refractivity contribution in [3.05, 3.63) is 46.0 Å². The number of aromatic amines is 2. The van der Waals surface area contributed by atoms with Crippen LogP contribution in [0.25, 0.3) is 11.3 Å². The standard InChI is InChI=1S/C10H9FN2O/c1-6-9(12-13-10(6)14)7-4-2-3-5-8(7)11/h2-5H,1H3,(H2,12,13,14). The Balaban J connectivity index is 2.66. The van der Waals surface area contributed by atoms with Gasteiger partial charge in [-0.15, -0.1) is 0 Å². The summed E-state index contributed by atoms with van der Waals surface area (Å²) in [5.41, 5.74) is 1.19. The fourth-order valence-corrected chi connectivity index (χ4v) is 1.35. The van der Waals surface area contributed by atoms with E-state index >= 15 is 0 Å². The van der Waals surface area contributed by atoms with E-state index < -0.39 is 0 Å². The highest BCUT2D eigenvalue weighted by Gasteiger charge is 2.10. The Morgan fingerprint density at radius 1 is 1.21 bits per heavy atom. The van der Waals surface area contributed by atoms with Crippen LogP contribution in [-0.2, 0) is 0 Å². The summed E-state index contributed by atoms with van der Waals surface area (Å²) in [5, 5.41) is 5.07. The topological polar surface area (TPSA) is 48.6 Å². The molecule has 0 aliphatic carbocycles. The number of aromatic nitrogens is 2. The van der Waals surface area contributed by atoms with E-state index in [1.165, 1.54) is 6.07 Å². The van der Waals surface area contributed by atoms with Gasteiger partial charge in [0.15, 0.2) is 0 Å². The third-order valence-electron chi connectivity index (χ3n) is 2.16. The molecule has 0 fully saturated rings. The summed E-state index contributed by atoms with van der Waals surface area (Å²) >= 11 is 0. The highest BCUT2D eigenvalue weighted by molar-refractivity contribution is 5.62. The fourth-order valence-electron chi connectivity index (χ4n) is 1.35. The van der Waals surface area contributed by atoms with Crippen molar-refractivity contribution in [2.75, 3.05) is 0 Å². The second-order valence-corrected chi connectivity index (χ2v) is 3.06. The molecule has 0 aliphatic heterocycles. The summed E-state index contributed by atoms with van der Waals surface area (Å²) in [4.78, 5) is 11.1. The average Bonchev–Trinajstić information content (AvgIpc) is 2.49. The van der Waals surface area contributed by atoms with Crippen LogP contribution in [-0.4, -0.2) is 10.2 Å². The van der Waals surface area contributed by atoms with Crippen LogP contribution >= 0.6 is 0 Å². The monoisotopic (exact) mass is 192 g/mol. The molecule has 2 rings (SSSR count). The molecule has 0 spiro atoms. The molecule has 0 aliphatic rings. The molecule has 0 bridgehead atoms. The van der Waals surface area contributed by atoms with E-state index in [0.717, 1.165) is 0 Å². The van der Waals surface area contributed by atoms with Crippen molar-refractivity contribution < 1.29 is 4.39 Å². The molecule has 0 saturated heterocycles. The van der Waals surface area contributed by atoms with Gasteiger partial charge in [-0.05, 0) is 19.1 Å². The molecule has 14 heavy (non-hydrogen) atoms. The number of benzene rings is 1. The van der Waals surface area contributed by atoms with Gasteiger partial charge >= 0.3 is 0 Å². The smallest absolute Gasteiger partial charge is 0.267 e. The molecule has 0 amide bonds. The van der Waals surface area contributed by atoms with Gasteiger partial charge in [0, 0.05) is 11.1 Å². The van der Waals surface area contributed by atoms with Crippen molar-refractivity contribution >= 4 is 0 Å². The molecule has 4 heteroatoms. The summed E-state index contributed by atoms with van der Waals surface area (Å²) in [7, 11) is 0. The molecule has 2 aromatic rings. The first-order valence-electron chi connectivity index (χ1n) is 4.22. The lowest BCUT2D eigenvalue weighted by Crippen LogP contribution is -2.00. The predicted octanol–water partition coefficient (Wildman–Crippen LogP) is 1.82. The van der Waals surface area contributed by atoms with Gasteiger partial charge in [-0.2, -0.15) is 0 Å². The van der Waals surface area contributed by atoms with Crippen molar-refractivity contribution in [1.29, 1.82) is 0 Å². The van der Waals surface area contributed by atoms with Crippen LogP contribution in [0.5, 0.6) is 0 Å². The van der Waals surface area contributed by atoms with Gasteiger partial charge in [0.25, 0.3) is 5.56 Å². The Labute approximate surface area is 79.6 Å². The molecular weight excluding hydrogens is 183 g/mol. The quantitative estimate of drug-likeness (QED) is 0.711. The van der Waals surface area contributed by atoms with Gasteiger partial charge < -0.3 is 0 Å². The van der Waals surface area contributed by atoms with Gasteiger partial charge in [-0.3, -0.25) is 15.0 Å². The van der Waals surface area contributed by atoms with Gasteiger partial charge in [0.2, 0.25) is 0 Å². The first kappa shape index (κ1) is 8.74. The van der Waals surface area contributed by atoms with Gasteiger partial charge in [0.1, 0.15) is 5.82 Å². The number of hydrogen-bond acceptors (Lipinski definition) is 1. The maximum atomic E-state index is 13.3. The zero-order valence-electron chi connectivity index (χ0n) is 7.60. The third-order valence-corrected chi connectivity index (χ3v) is 2.16. The van der Waals surface area contributed by atoms with Crippen LogP contribution in [0.2, 0.25) is 0 Å². The molecule has 3 nitrogen and oxygen atoms in total. The molecule has 1 aromatic heterocycles. The minimum atomic E-state index is -0.342. The Bertz CT molecular complexity index is 513. The largest absolute Gasteiger partial charge is 0.297 e. The molecule has 0 radical (unpaired) electrons. The lowest BCUT2D eigenvalue weighted by molar-refractivity contribution is 0.630. The molecule has 1 aromatic carbocycles. The summed E-state index contributed by atoms with van der Waals surface area (Å²) in [6.45, 7) is 1.65. The van der Waals surface area contributed by atoms with Gasteiger partial charge in [-0.1, -0.05) is 12.1 Å². The number of halogens is 1. The van der Waals surface area contributed by atoms with E-state index in [2.05, 4.69) is 10.2 Å². The van der Waals surface area contributed by atoms with Crippen molar-refractivity contribution in [1.82, 2.24) is 10.2 Å². The van der Waals surface area contributed by atoms with Crippen LogP contribution in [0.1, 0.15) is 5.56 Å². The molecule has 0 saturated carbocycles. The maximum absolute atomic E-state index is 13.3. The Kier molecular flexibility index (Phi) is 1.96. The predicted molar refractivity (Wildman–Crippen MR) is 51.5 cm³/mol. The van der Waals surface area contributed by atoms with Crippen molar-refractivity contribution in [2.24, 2.45) is 0 Å². The van der Waals surface area contributed by atoms with E-state index in [1.54, 1.807) is 25.1 Å². The fraction of sp³-hybridized carbons (Fsp3) is 0.100. The van der Waals surface area contributed by atoms with Crippen LogP contribution in [0.3, 0.4) is 0 Å². The van der Waals surface area contributed by atoms with Crippen LogP contribution in [0, 0.1) is 12.7 Å². The zero-order chi connectivity index (χ0) is 10.1. The SMILES string of the molecule is Cc1c(-c2ccccc2F)[nH][nH]c1=O. The number of nitrogens with one attached hydrogen (secondary N) is 2. The molecule has 0 unspecified atom stereocenters. The lowest BCUT2D eigenvalue weighted by atomic mass is 10.1. The highest BCUT2D eigenvalue weighted by atomic mass is 19.1. The van der Waals surface area contributed by atoms with Crippen molar-refractivity contribution in [3.63, 3.8) is 0 Å². The molecule has 2 N–H and O–H groups in total. The molecule has 1 heterocycles. The van der Waals surface area contributed by atoms with E-state index in [1.807, 2.05) is 0 Å². The number of rotatable bonds is 1. The molecular formula is C10H9FN2O. The van der Waals surface area contributed by atoms with E-state index in [-0.39, 0.29) is 11.4 Å². The maximum Gasteiger partial charge on any atom is 0.267 e. The first-order valence-corrected chi connectivity index (χ1v) is 4.22. The van der Waals surface area contributed by atoms with Crippen LogP contribution in [0.4, 0.5) is 4.39 Å². The molecule has 0 atom stereocenters. The number of H-pyrrole nitrogens is 2.